The van der Waals surface area contributed by atoms with E-state index in [4.69, 9.17) is 51.0 Å². The van der Waals surface area contributed by atoms with Crippen LogP contribution in [0.5, 0.6) is 0 Å². The van der Waals surface area contributed by atoms with Gasteiger partial charge < -0.3 is 39.9 Å². The van der Waals surface area contributed by atoms with E-state index in [0.717, 1.165) is 0 Å². The van der Waals surface area contributed by atoms with Gasteiger partial charge in [-0.05, 0) is 11.1 Å². The van der Waals surface area contributed by atoms with Crippen LogP contribution in [-0.2, 0) is 28.4 Å². The van der Waals surface area contributed by atoms with Crippen LogP contribution in [0.15, 0.2) is 10.2 Å². The number of azide groups is 2. The number of ether oxygens (including phenoxy) is 6. The maximum absolute atomic E-state index is 7.97. The Morgan fingerprint density at radius 1 is 0.467 bits per heavy atom. The molecule has 0 aliphatic rings. The zero-order valence-corrected chi connectivity index (χ0v) is 17.6. The SMILES string of the molecule is [N-]=[N+]=NCCOCCOCCOCCN.[N-]=[N+]=NCCOCCOCCOCCN. The molecule has 0 aliphatic heterocycles. The third-order valence-electron chi connectivity index (χ3n) is 2.81. The Bertz CT molecular complexity index is 385. The third kappa shape index (κ3) is 33.9. The van der Waals surface area contributed by atoms with Crippen molar-refractivity contribution in [2.24, 2.45) is 21.7 Å². The van der Waals surface area contributed by atoms with Gasteiger partial charge >= 0.3 is 0 Å². The van der Waals surface area contributed by atoms with Gasteiger partial charge in [-0.2, -0.15) is 0 Å². The van der Waals surface area contributed by atoms with Crippen LogP contribution < -0.4 is 11.5 Å². The van der Waals surface area contributed by atoms with Crippen molar-refractivity contribution < 1.29 is 28.4 Å². The Kier molecular flexibility index (Phi) is 32.5. The predicted molar refractivity (Wildman–Crippen MR) is 111 cm³/mol. The first-order valence-corrected chi connectivity index (χ1v) is 9.71. The molecule has 0 saturated heterocycles. The number of nitrogens with two attached hydrogens (primary N) is 2. The number of hydrogen-bond donors (Lipinski definition) is 2. The smallest absolute Gasteiger partial charge is 0.0701 e. The largest absolute Gasteiger partial charge is 0.379 e. The Labute approximate surface area is 177 Å². The van der Waals surface area contributed by atoms with Crippen molar-refractivity contribution in [3.05, 3.63) is 20.9 Å². The van der Waals surface area contributed by atoms with Crippen LogP contribution >= 0.6 is 0 Å². The summed E-state index contributed by atoms with van der Waals surface area (Å²) in [6.07, 6.45) is 0. The molecule has 0 atom stereocenters. The molecule has 0 spiro atoms. The fraction of sp³-hybridized carbons (Fsp3) is 1.00. The Balaban J connectivity index is 0. The molecule has 14 heteroatoms. The van der Waals surface area contributed by atoms with Gasteiger partial charge in [-0.1, -0.05) is 10.2 Å². The van der Waals surface area contributed by atoms with Gasteiger partial charge in [0.15, 0.2) is 0 Å². The van der Waals surface area contributed by atoms with Crippen LogP contribution in [0.4, 0.5) is 0 Å². The standard InChI is InChI=1S/2C8H18N4O3/c2*9-1-3-13-5-7-15-8-6-14-4-2-11-12-10/h2*1-9H2. The van der Waals surface area contributed by atoms with Crippen molar-refractivity contribution in [2.45, 2.75) is 0 Å². The van der Waals surface area contributed by atoms with E-state index in [1.165, 1.54) is 0 Å². The average molecular weight is 437 g/mol. The van der Waals surface area contributed by atoms with Gasteiger partial charge in [-0.3, -0.25) is 0 Å². The summed E-state index contributed by atoms with van der Waals surface area (Å²) in [6.45, 7) is 7.97. The van der Waals surface area contributed by atoms with Crippen LogP contribution in [0.1, 0.15) is 0 Å². The van der Waals surface area contributed by atoms with E-state index in [1.807, 2.05) is 0 Å². The number of rotatable bonds is 22. The van der Waals surface area contributed by atoms with Gasteiger partial charge in [0, 0.05) is 36.0 Å². The average Bonchev–Trinajstić information content (AvgIpc) is 2.76. The van der Waals surface area contributed by atoms with E-state index >= 15 is 0 Å². The zero-order valence-electron chi connectivity index (χ0n) is 17.6. The summed E-state index contributed by atoms with van der Waals surface area (Å²) in [4.78, 5) is 5.20. The molecule has 0 rings (SSSR count). The van der Waals surface area contributed by atoms with E-state index in [-0.39, 0.29) is 0 Å². The summed E-state index contributed by atoms with van der Waals surface area (Å²) in [6, 6.07) is 0. The predicted octanol–water partition coefficient (Wildman–Crippen LogP) is 0.610. The molecule has 176 valence electrons. The van der Waals surface area contributed by atoms with Crippen molar-refractivity contribution in [2.75, 3.05) is 105 Å². The lowest BCUT2D eigenvalue weighted by Gasteiger charge is -2.05. The monoisotopic (exact) mass is 436 g/mol. The Morgan fingerprint density at radius 2 is 0.733 bits per heavy atom. The van der Waals surface area contributed by atoms with E-state index in [2.05, 4.69) is 20.1 Å². The topological polar surface area (TPSA) is 205 Å². The van der Waals surface area contributed by atoms with Gasteiger partial charge in [0.1, 0.15) is 0 Å². The first kappa shape index (κ1) is 30.5. The quantitative estimate of drug-likeness (QED) is 0.106. The summed E-state index contributed by atoms with van der Waals surface area (Å²) in [5.74, 6) is 0. The summed E-state index contributed by atoms with van der Waals surface area (Å²) >= 11 is 0. The van der Waals surface area contributed by atoms with E-state index < -0.39 is 0 Å². The van der Waals surface area contributed by atoms with Crippen molar-refractivity contribution in [1.29, 1.82) is 0 Å². The van der Waals surface area contributed by atoms with Crippen LogP contribution in [0.3, 0.4) is 0 Å². The fourth-order valence-electron chi connectivity index (χ4n) is 1.55. The normalized spacial score (nSPS) is 9.93. The minimum Gasteiger partial charge on any atom is -0.379 e. The molecule has 0 aromatic carbocycles. The molecular weight excluding hydrogens is 400 g/mol. The molecule has 0 radical (unpaired) electrons. The summed E-state index contributed by atoms with van der Waals surface area (Å²) in [7, 11) is 0. The minimum absolute atomic E-state index is 0.357. The molecule has 4 N–H and O–H groups in total. The second-order valence-corrected chi connectivity index (χ2v) is 5.16. The van der Waals surface area contributed by atoms with Crippen molar-refractivity contribution in [3.8, 4) is 0 Å². The molecule has 0 aliphatic carbocycles. The summed E-state index contributed by atoms with van der Waals surface area (Å²) < 4.78 is 30.8. The summed E-state index contributed by atoms with van der Waals surface area (Å²) in [5.41, 5.74) is 26.4. The maximum Gasteiger partial charge on any atom is 0.0701 e. The lowest BCUT2D eigenvalue weighted by molar-refractivity contribution is 0.0175. The van der Waals surface area contributed by atoms with Crippen molar-refractivity contribution in [1.82, 2.24) is 0 Å². The van der Waals surface area contributed by atoms with E-state index in [1.54, 1.807) is 0 Å². The van der Waals surface area contributed by atoms with Crippen LogP contribution in [0, 0.1) is 0 Å². The summed E-state index contributed by atoms with van der Waals surface area (Å²) in [5, 5.41) is 6.64. The molecule has 0 amide bonds. The highest BCUT2D eigenvalue weighted by Gasteiger charge is 1.91. The molecular formula is C16H36N8O6. The van der Waals surface area contributed by atoms with Gasteiger partial charge in [0.2, 0.25) is 0 Å². The number of nitrogens with zero attached hydrogens (tertiary/aromatic N) is 6. The second-order valence-electron chi connectivity index (χ2n) is 5.16. The molecule has 0 saturated carbocycles. The van der Waals surface area contributed by atoms with Crippen molar-refractivity contribution >= 4 is 0 Å². The minimum atomic E-state index is 0.357. The molecule has 0 bridgehead atoms. The van der Waals surface area contributed by atoms with E-state index in [9.17, 15) is 0 Å². The Morgan fingerprint density at radius 3 is 1.00 bits per heavy atom. The molecule has 30 heavy (non-hydrogen) atoms. The lowest BCUT2D eigenvalue weighted by atomic mass is 10.7. The second kappa shape index (κ2) is 32.0. The third-order valence-corrected chi connectivity index (χ3v) is 2.81. The highest BCUT2D eigenvalue weighted by atomic mass is 16.5. The van der Waals surface area contributed by atoms with E-state index in [0.29, 0.717) is 105 Å². The molecule has 0 aromatic heterocycles. The highest BCUT2D eigenvalue weighted by Crippen LogP contribution is 1.82. The maximum atomic E-state index is 7.97. The first-order valence-electron chi connectivity index (χ1n) is 9.71. The first-order chi connectivity index (χ1) is 14.8. The molecule has 14 nitrogen and oxygen atoms in total. The molecule has 0 heterocycles. The molecule has 0 fully saturated rings. The highest BCUT2D eigenvalue weighted by molar-refractivity contribution is 4.45. The Hall–Kier alpha value is -1.70. The lowest BCUT2D eigenvalue weighted by Crippen LogP contribution is -2.13. The number of hydrogen-bond acceptors (Lipinski definition) is 10. The van der Waals surface area contributed by atoms with Crippen LogP contribution in [0.2, 0.25) is 0 Å². The van der Waals surface area contributed by atoms with Crippen molar-refractivity contribution in [3.63, 3.8) is 0 Å². The fourth-order valence-corrected chi connectivity index (χ4v) is 1.55. The van der Waals surface area contributed by atoms with Crippen LogP contribution in [-0.4, -0.2) is 105 Å². The van der Waals surface area contributed by atoms with Crippen LogP contribution in [0.25, 0.3) is 20.9 Å². The van der Waals surface area contributed by atoms with Gasteiger partial charge in [0.25, 0.3) is 0 Å². The van der Waals surface area contributed by atoms with Gasteiger partial charge in [-0.25, -0.2) is 0 Å². The van der Waals surface area contributed by atoms with Gasteiger partial charge in [0.05, 0.1) is 79.3 Å². The molecule has 0 aromatic rings. The zero-order chi connectivity index (χ0) is 22.4. The molecule has 0 unspecified atom stereocenters. The van der Waals surface area contributed by atoms with Gasteiger partial charge in [-0.15, -0.1) is 0 Å².